The SMILES string of the molecule is C=CCO[C@@H]1OC2COC(c3ccccc3)O[C@@H]2[C@H](O)C1NC(C)=O. The van der Waals surface area contributed by atoms with Gasteiger partial charge in [-0.2, -0.15) is 0 Å². The van der Waals surface area contributed by atoms with Crippen molar-refractivity contribution < 1.29 is 28.8 Å². The van der Waals surface area contributed by atoms with Gasteiger partial charge in [-0.05, 0) is 0 Å². The second-order valence-electron chi connectivity index (χ2n) is 6.06. The normalized spacial score (nSPS) is 34.8. The molecule has 2 fully saturated rings. The van der Waals surface area contributed by atoms with Crippen LogP contribution in [-0.2, 0) is 23.7 Å². The summed E-state index contributed by atoms with van der Waals surface area (Å²) >= 11 is 0. The Hall–Kier alpha value is -1.77. The summed E-state index contributed by atoms with van der Waals surface area (Å²) in [5, 5.41) is 13.5. The van der Waals surface area contributed by atoms with Crippen LogP contribution in [0.15, 0.2) is 43.0 Å². The molecule has 0 aromatic heterocycles. The summed E-state index contributed by atoms with van der Waals surface area (Å²) in [6, 6.07) is 8.73. The van der Waals surface area contributed by atoms with Crippen LogP contribution >= 0.6 is 0 Å². The average Bonchev–Trinajstić information content (AvgIpc) is 2.63. The zero-order valence-corrected chi connectivity index (χ0v) is 14.0. The predicted octanol–water partition coefficient (Wildman–Crippen LogP) is 0.894. The molecule has 2 heterocycles. The van der Waals surface area contributed by atoms with Gasteiger partial charge in [0.25, 0.3) is 0 Å². The number of hydrogen-bond acceptors (Lipinski definition) is 6. The molecule has 1 amide bonds. The van der Waals surface area contributed by atoms with E-state index in [2.05, 4.69) is 11.9 Å². The minimum absolute atomic E-state index is 0.235. The highest BCUT2D eigenvalue weighted by atomic mass is 16.7. The molecule has 2 N–H and O–H groups in total. The molecule has 2 aliphatic heterocycles. The molecule has 0 saturated carbocycles. The second-order valence-corrected chi connectivity index (χ2v) is 6.06. The lowest BCUT2D eigenvalue weighted by atomic mass is 9.95. The third-order valence-electron chi connectivity index (χ3n) is 4.19. The minimum Gasteiger partial charge on any atom is -0.388 e. The van der Waals surface area contributed by atoms with Gasteiger partial charge in [-0.25, -0.2) is 0 Å². The molecule has 0 radical (unpaired) electrons. The Morgan fingerprint density at radius 3 is 2.84 bits per heavy atom. The molecular weight excluding hydrogens is 326 g/mol. The Balaban J connectivity index is 1.75. The van der Waals surface area contributed by atoms with Crippen LogP contribution in [0.2, 0.25) is 0 Å². The Morgan fingerprint density at radius 1 is 1.40 bits per heavy atom. The van der Waals surface area contributed by atoms with E-state index in [-0.39, 0.29) is 19.1 Å². The van der Waals surface area contributed by atoms with E-state index in [0.29, 0.717) is 0 Å². The van der Waals surface area contributed by atoms with Crippen molar-refractivity contribution >= 4 is 5.91 Å². The van der Waals surface area contributed by atoms with Crippen molar-refractivity contribution in [1.82, 2.24) is 5.32 Å². The van der Waals surface area contributed by atoms with Crippen molar-refractivity contribution in [2.75, 3.05) is 13.2 Å². The summed E-state index contributed by atoms with van der Waals surface area (Å²) in [5.74, 6) is -0.287. The van der Waals surface area contributed by atoms with Crippen molar-refractivity contribution in [1.29, 1.82) is 0 Å². The zero-order valence-electron chi connectivity index (χ0n) is 14.0. The molecule has 7 heteroatoms. The monoisotopic (exact) mass is 349 g/mol. The van der Waals surface area contributed by atoms with E-state index < -0.39 is 36.9 Å². The van der Waals surface area contributed by atoms with Crippen LogP contribution in [0.1, 0.15) is 18.8 Å². The van der Waals surface area contributed by atoms with Gasteiger partial charge < -0.3 is 29.4 Å². The van der Waals surface area contributed by atoms with Gasteiger partial charge in [0.15, 0.2) is 12.6 Å². The quantitative estimate of drug-likeness (QED) is 0.768. The molecule has 6 atom stereocenters. The highest BCUT2D eigenvalue weighted by Gasteiger charge is 2.50. The Morgan fingerprint density at radius 2 is 2.16 bits per heavy atom. The summed E-state index contributed by atoms with van der Waals surface area (Å²) in [5.41, 5.74) is 0.856. The number of carbonyl (C=O) groups excluding carboxylic acids is 1. The molecule has 136 valence electrons. The fourth-order valence-electron chi connectivity index (χ4n) is 3.07. The Bertz CT molecular complexity index is 594. The molecule has 0 bridgehead atoms. The van der Waals surface area contributed by atoms with Crippen molar-refractivity contribution in [3.63, 3.8) is 0 Å². The van der Waals surface area contributed by atoms with E-state index in [1.54, 1.807) is 6.08 Å². The van der Waals surface area contributed by atoms with Crippen LogP contribution in [0.4, 0.5) is 0 Å². The fraction of sp³-hybridized carbons (Fsp3) is 0.500. The summed E-state index contributed by atoms with van der Waals surface area (Å²) in [7, 11) is 0. The first kappa shape index (κ1) is 18.0. The summed E-state index contributed by atoms with van der Waals surface area (Å²) in [4.78, 5) is 11.5. The van der Waals surface area contributed by atoms with Crippen molar-refractivity contribution in [3.8, 4) is 0 Å². The van der Waals surface area contributed by atoms with Gasteiger partial charge in [0.05, 0.1) is 13.2 Å². The number of rotatable bonds is 5. The zero-order chi connectivity index (χ0) is 17.8. The topological polar surface area (TPSA) is 86.2 Å². The molecule has 1 aromatic carbocycles. The first-order valence-electron chi connectivity index (χ1n) is 8.25. The number of benzene rings is 1. The van der Waals surface area contributed by atoms with Crippen LogP contribution < -0.4 is 5.32 Å². The second kappa shape index (κ2) is 8.07. The first-order chi connectivity index (χ1) is 12.1. The maximum absolute atomic E-state index is 11.5. The molecular formula is C18H23NO6. The van der Waals surface area contributed by atoms with Crippen molar-refractivity contribution in [3.05, 3.63) is 48.6 Å². The van der Waals surface area contributed by atoms with Gasteiger partial charge in [0.2, 0.25) is 5.91 Å². The number of ether oxygens (including phenoxy) is 4. The molecule has 3 unspecified atom stereocenters. The summed E-state index contributed by atoms with van der Waals surface area (Å²) < 4.78 is 23.1. The molecule has 25 heavy (non-hydrogen) atoms. The molecule has 0 aliphatic carbocycles. The molecule has 3 rings (SSSR count). The summed E-state index contributed by atoms with van der Waals surface area (Å²) in [6.07, 6.45) is -1.95. The number of nitrogens with one attached hydrogen (secondary N) is 1. The molecule has 2 saturated heterocycles. The van der Waals surface area contributed by atoms with Crippen LogP contribution in [-0.4, -0.2) is 54.9 Å². The minimum atomic E-state index is -0.993. The van der Waals surface area contributed by atoms with Crippen LogP contribution in [0, 0.1) is 0 Å². The smallest absolute Gasteiger partial charge is 0.217 e. The Labute approximate surface area is 146 Å². The van der Waals surface area contributed by atoms with Crippen molar-refractivity contribution in [2.24, 2.45) is 0 Å². The number of hydrogen-bond donors (Lipinski definition) is 2. The number of amides is 1. The number of carbonyl (C=O) groups is 1. The number of aliphatic hydroxyl groups excluding tert-OH is 1. The van der Waals surface area contributed by atoms with Gasteiger partial charge in [-0.1, -0.05) is 36.4 Å². The van der Waals surface area contributed by atoms with Crippen molar-refractivity contribution in [2.45, 2.75) is 43.9 Å². The standard InChI is InChI=1S/C18H23NO6/c1-3-9-22-18-14(19-11(2)20)15(21)16-13(24-18)10-23-17(25-16)12-7-5-4-6-8-12/h3-8,13-18,21H,1,9-10H2,2H3,(H,19,20)/t13?,14?,15-,16+,17?,18-/m1/s1. The fourth-order valence-corrected chi connectivity index (χ4v) is 3.07. The Kier molecular flexibility index (Phi) is 5.82. The third-order valence-corrected chi connectivity index (χ3v) is 4.19. The maximum atomic E-state index is 11.5. The lowest BCUT2D eigenvalue weighted by Gasteiger charge is -2.47. The highest BCUT2D eigenvalue weighted by molar-refractivity contribution is 5.73. The molecule has 7 nitrogen and oxygen atoms in total. The maximum Gasteiger partial charge on any atom is 0.217 e. The van der Waals surface area contributed by atoms with E-state index in [1.807, 2.05) is 30.3 Å². The lowest BCUT2D eigenvalue weighted by Crippen LogP contribution is -2.66. The van der Waals surface area contributed by atoms with E-state index in [1.165, 1.54) is 6.92 Å². The van der Waals surface area contributed by atoms with E-state index in [0.717, 1.165) is 5.56 Å². The van der Waals surface area contributed by atoms with E-state index in [9.17, 15) is 9.90 Å². The number of aliphatic hydroxyl groups is 1. The average molecular weight is 349 g/mol. The van der Waals surface area contributed by atoms with Gasteiger partial charge in [-0.3, -0.25) is 4.79 Å². The van der Waals surface area contributed by atoms with E-state index in [4.69, 9.17) is 18.9 Å². The highest BCUT2D eigenvalue weighted by Crippen LogP contribution is 2.34. The molecule has 0 spiro atoms. The van der Waals surface area contributed by atoms with Gasteiger partial charge in [0, 0.05) is 12.5 Å². The number of fused-ring (bicyclic) bond motifs is 1. The largest absolute Gasteiger partial charge is 0.388 e. The van der Waals surface area contributed by atoms with Crippen LogP contribution in [0.25, 0.3) is 0 Å². The van der Waals surface area contributed by atoms with E-state index >= 15 is 0 Å². The first-order valence-corrected chi connectivity index (χ1v) is 8.25. The lowest BCUT2D eigenvalue weighted by molar-refractivity contribution is -0.343. The van der Waals surface area contributed by atoms with Gasteiger partial charge in [0.1, 0.15) is 24.4 Å². The predicted molar refractivity (Wildman–Crippen MR) is 88.4 cm³/mol. The summed E-state index contributed by atoms with van der Waals surface area (Å²) in [6.45, 7) is 5.46. The van der Waals surface area contributed by atoms with Gasteiger partial charge >= 0.3 is 0 Å². The third kappa shape index (κ3) is 4.08. The van der Waals surface area contributed by atoms with Crippen LogP contribution in [0.5, 0.6) is 0 Å². The molecule has 1 aromatic rings. The van der Waals surface area contributed by atoms with Gasteiger partial charge in [-0.15, -0.1) is 6.58 Å². The van der Waals surface area contributed by atoms with Crippen LogP contribution in [0.3, 0.4) is 0 Å². The molecule has 2 aliphatic rings.